The summed E-state index contributed by atoms with van der Waals surface area (Å²) in [6.07, 6.45) is 1.26. The van der Waals surface area contributed by atoms with Crippen LogP contribution in [-0.4, -0.2) is 72.9 Å². The molecule has 0 saturated carbocycles. The molecule has 3 aliphatic heterocycles. The molecule has 4 rings (SSSR count). The zero-order chi connectivity index (χ0) is 20.6. The number of nitrogens with zero attached hydrogens (tertiary/aromatic N) is 3. The third-order valence-corrected chi connectivity index (χ3v) is 6.21. The van der Waals surface area contributed by atoms with E-state index in [1.165, 1.54) is 0 Å². The lowest BCUT2D eigenvalue weighted by molar-refractivity contribution is -0.134. The first-order valence-electron chi connectivity index (χ1n) is 10.2. The third kappa shape index (κ3) is 4.11. The predicted molar refractivity (Wildman–Crippen MR) is 104 cm³/mol. The number of halogens is 2. The number of amides is 2. The molecule has 0 aliphatic carbocycles. The van der Waals surface area contributed by atoms with Crippen molar-refractivity contribution in [2.45, 2.75) is 44.1 Å². The topological polar surface area (TPSA) is 77.6 Å². The van der Waals surface area contributed by atoms with Gasteiger partial charge in [-0.1, -0.05) is 0 Å². The summed E-state index contributed by atoms with van der Waals surface area (Å²) in [6, 6.07) is 3.10. The molecule has 2 N–H and O–H groups in total. The molecule has 3 aliphatic rings. The van der Waals surface area contributed by atoms with Crippen molar-refractivity contribution >= 4 is 17.5 Å². The van der Waals surface area contributed by atoms with Crippen LogP contribution in [0, 0.1) is 6.92 Å². The fourth-order valence-corrected chi connectivity index (χ4v) is 4.62. The van der Waals surface area contributed by atoms with E-state index in [0.717, 1.165) is 11.4 Å². The van der Waals surface area contributed by atoms with Crippen molar-refractivity contribution in [3.05, 3.63) is 23.5 Å². The Morgan fingerprint density at radius 3 is 2.55 bits per heavy atom. The molecule has 0 bridgehead atoms. The van der Waals surface area contributed by atoms with Crippen molar-refractivity contribution < 1.29 is 18.4 Å². The van der Waals surface area contributed by atoms with E-state index in [1.54, 1.807) is 0 Å². The minimum absolute atomic E-state index is 0.239. The van der Waals surface area contributed by atoms with Gasteiger partial charge in [-0.2, -0.15) is 0 Å². The second kappa shape index (κ2) is 7.95. The SMILES string of the molecule is Cc1nc(C2CCC(=O)NC2=O)ccc1N1CCN([C@H]2CCNCC2(F)F)CC1. The first-order valence-corrected chi connectivity index (χ1v) is 10.2. The van der Waals surface area contributed by atoms with Gasteiger partial charge in [-0.05, 0) is 38.4 Å². The van der Waals surface area contributed by atoms with Crippen molar-refractivity contribution in [3.8, 4) is 0 Å². The van der Waals surface area contributed by atoms with Gasteiger partial charge >= 0.3 is 0 Å². The van der Waals surface area contributed by atoms with E-state index in [-0.39, 0.29) is 18.4 Å². The summed E-state index contributed by atoms with van der Waals surface area (Å²) in [7, 11) is 0. The molecule has 9 heteroatoms. The van der Waals surface area contributed by atoms with Crippen molar-refractivity contribution in [1.82, 2.24) is 20.5 Å². The smallest absolute Gasteiger partial charge is 0.275 e. The number of piperidine rings is 2. The summed E-state index contributed by atoms with van der Waals surface area (Å²) in [6.45, 7) is 4.80. The standard InChI is InChI=1S/C20H27F2N5O2/c1-13-16(4-3-15(24-13)14-2-5-18(28)25-19(14)29)26-8-10-27(11-9-26)17-6-7-23-12-20(17,21)22/h3-4,14,17,23H,2,5-12H2,1H3,(H,25,28,29)/t14?,17-/m0/s1. The maximum atomic E-state index is 14.2. The Morgan fingerprint density at radius 2 is 1.90 bits per heavy atom. The molecule has 3 saturated heterocycles. The fourth-order valence-electron chi connectivity index (χ4n) is 4.62. The number of carbonyl (C=O) groups excluding carboxylic acids is 2. The Bertz CT molecular complexity index is 795. The molecule has 3 fully saturated rings. The van der Waals surface area contributed by atoms with Gasteiger partial charge in [0, 0.05) is 32.6 Å². The van der Waals surface area contributed by atoms with Crippen LogP contribution < -0.4 is 15.5 Å². The van der Waals surface area contributed by atoms with Crippen LogP contribution >= 0.6 is 0 Å². The number of imide groups is 1. The molecule has 4 heterocycles. The molecule has 0 aromatic carbocycles. The predicted octanol–water partition coefficient (Wildman–Crippen LogP) is 1.03. The second-order valence-electron chi connectivity index (χ2n) is 8.11. The van der Waals surface area contributed by atoms with Gasteiger partial charge < -0.3 is 10.2 Å². The Morgan fingerprint density at radius 1 is 1.14 bits per heavy atom. The van der Waals surface area contributed by atoms with Gasteiger partial charge in [0.25, 0.3) is 5.92 Å². The van der Waals surface area contributed by atoms with Gasteiger partial charge in [-0.15, -0.1) is 0 Å². The van der Waals surface area contributed by atoms with Gasteiger partial charge in [-0.3, -0.25) is 24.8 Å². The number of pyridine rings is 1. The first kappa shape index (κ1) is 20.2. The lowest BCUT2D eigenvalue weighted by atomic mass is 9.94. The average Bonchev–Trinajstić information content (AvgIpc) is 2.68. The summed E-state index contributed by atoms with van der Waals surface area (Å²) >= 11 is 0. The summed E-state index contributed by atoms with van der Waals surface area (Å²) in [4.78, 5) is 32.1. The van der Waals surface area contributed by atoms with Crippen LogP contribution in [0.1, 0.15) is 36.6 Å². The van der Waals surface area contributed by atoms with Crippen LogP contribution in [0.25, 0.3) is 0 Å². The van der Waals surface area contributed by atoms with E-state index >= 15 is 0 Å². The summed E-state index contributed by atoms with van der Waals surface area (Å²) < 4.78 is 28.5. The van der Waals surface area contributed by atoms with Gasteiger partial charge in [-0.25, -0.2) is 8.78 Å². The van der Waals surface area contributed by atoms with Gasteiger partial charge in [0.15, 0.2) is 0 Å². The normalized spacial score (nSPS) is 28.3. The van der Waals surface area contributed by atoms with Crippen molar-refractivity contribution in [2.75, 3.05) is 44.2 Å². The molecule has 0 spiro atoms. The highest BCUT2D eigenvalue weighted by molar-refractivity contribution is 6.00. The molecule has 7 nitrogen and oxygen atoms in total. The van der Waals surface area contributed by atoms with Crippen LogP contribution in [-0.2, 0) is 9.59 Å². The number of rotatable bonds is 3. The van der Waals surface area contributed by atoms with Gasteiger partial charge in [0.2, 0.25) is 11.8 Å². The molecule has 1 aromatic heterocycles. The van der Waals surface area contributed by atoms with E-state index in [0.29, 0.717) is 57.7 Å². The number of anilines is 1. The van der Waals surface area contributed by atoms with Gasteiger partial charge in [0.1, 0.15) is 0 Å². The first-order chi connectivity index (χ1) is 13.8. The van der Waals surface area contributed by atoms with Gasteiger partial charge in [0.05, 0.1) is 35.6 Å². The monoisotopic (exact) mass is 407 g/mol. The van der Waals surface area contributed by atoms with Crippen LogP contribution in [0.3, 0.4) is 0 Å². The Balaban J connectivity index is 1.41. The summed E-state index contributed by atoms with van der Waals surface area (Å²) in [5, 5.41) is 5.15. The number of aryl methyl sites for hydroxylation is 1. The molecular weight excluding hydrogens is 380 g/mol. The number of piperazine rings is 1. The third-order valence-electron chi connectivity index (χ3n) is 6.21. The number of aromatic nitrogens is 1. The highest BCUT2D eigenvalue weighted by Gasteiger charge is 2.45. The van der Waals surface area contributed by atoms with E-state index < -0.39 is 17.9 Å². The zero-order valence-corrected chi connectivity index (χ0v) is 16.6. The summed E-state index contributed by atoms with van der Waals surface area (Å²) in [5.74, 6) is -3.63. The quantitative estimate of drug-likeness (QED) is 0.729. The largest absolute Gasteiger partial charge is 0.368 e. The van der Waals surface area contributed by atoms with Crippen molar-refractivity contribution in [1.29, 1.82) is 0 Å². The molecule has 1 unspecified atom stereocenters. The van der Waals surface area contributed by atoms with E-state index in [2.05, 4.69) is 20.5 Å². The highest BCUT2D eigenvalue weighted by atomic mass is 19.3. The van der Waals surface area contributed by atoms with Crippen LogP contribution in [0.4, 0.5) is 14.5 Å². The van der Waals surface area contributed by atoms with Crippen LogP contribution in [0.15, 0.2) is 12.1 Å². The Labute approximate surface area is 168 Å². The fraction of sp³-hybridized carbons (Fsp3) is 0.650. The Hall–Kier alpha value is -2.13. The minimum atomic E-state index is -2.69. The van der Waals surface area contributed by atoms with E-state index in [9.17, 15) is 18.4 Å². The molecule has 29 heavy (non-hydrogen) atoms. The van der Waals surface area contributed by atoms with E-state index in [1.807, 2.05) is 24.0 Å². The van der Waals surface area contributed by atoms with E-state index in [4.69, 9.17) is 0 Å². The maximum Gasteiger partial charge on any atom is 0.275 e. The molecule has 2 atom stereocenters. The minimum Gasteiger partial charge on any atom is -0.368 e. The van der Waals surface area contributed by atoms with Crippen LogP contribution in [0.2, 0.25) is 0 Å². The highest BCUT2D eigenvalue weighted by Crippen LogP contribution is 2.31. The number of hydrogen-bond donors (Lipinski definition) is 2. The molecule has 2 amide bonds. The average molecular weight is 407 g/mol. The molecular formula is C20H27F2N5O2. The second-order valence-corrected chi connectivity index (χ2v) is 8.11. The molecule has 0 radical (unpaired) electrons. The number of carbonyl (C=O) groups is 2. The number of nitrogens with one attached hydrogen (secondary N) is 2. The number of alkyl halides is 2. The zero-order valence-electron chi connectivity index (χ0n) is 16.6. The lowest BCUT2D eigenvalue weighted by Crippen LogP contribution is -2.61. The summed E-state index contributed by atoms with van der Waals surface area (Å²) in [5.41, 5.74) is 2.45. The van der Waals surface area contributed by atoms with Crippen molar-refractivity contribution in [3.63, 3.8) is 0 Å². The van der Waals surface area contributed by atoms with Crippen molar-refractivity contribution in [2.24, 2.45) is 0 Å². The Kier molecular flexibility index (Phi) is 5.52. The molecule has 1 aromatic rings. The van der Waals surface area contributed by atoms with Crippen LogP contribution in [0.5, 0.6) is 0 Å². The number of hydrogen-bond acceptors (Lipinski definition) is 6. The molecule has 158 valence electrons. The maximum absolute atomic E-state index is 14.2. The lowest BCUT2D eigenvalue weighted by Gasteiger charge is -2.44.